The van der Waals surface area contributed by atoms with Crippen LogP contribution >= 0.6 is 46.4 Å². The molecule has 0 radical (unpaired) electrons. The number of nitrogens with zero attached hydrogens (tertiary/aromatic N) is 2. The number of halogens is 4. The molecule has 0 spiro atoms. The molecule has 0 atom stereocenters. The van der Waals surface area contributed by atoms with Crippen molar-refractivity contribution in [2.24, 2.45) is 0 Å². The molecule has 2 heterocycles. The normalized spacial score (nSPS) is 11.4. The summed E-state index contributed by atoms with van der Waals surface area (Å²) in [5.41, 5.74) is 2.16. The van der Waals surface area contributed by atoms with Crippen molar-refractivity contribution in [3.8, 4) is 0 Å². The van der Waals surface area contributed by atoms with Gasteiger partial charge in [-0.1, -0.05) is 52.5 Å². The van der Waals surface area contributed by atoms with E-state index in [9.17, 15) is 4.79 Å². The number of hydrogen-bond acceptors (Lipinski definition) is 2. The van der Waals surface area contributed by atoms with E-state index in [4.69, 9.17) is 46.4 Å². The monoisotopic (exact) mass is 427 g/mol. The second kappa shape index (κ2) is 8.31. The van der Waals surface area contributed by atoms with Crippen LogP contribution in [0.25, 0.3) is 11.7 Å². The lowest BCUT2D eigenvalue weighted by Gasteiger charge is -2.01. The highest BCUT2D eigenvalue weighted by molar-refractivity contribution is 6.36. The van der Waals surface area contributed by atoms with Crippen molar-refractivity contribution < 1.29 is 4.79 Å². The zero-order valence-corrected chi connectivity index (χ0v) is 16.4. The average Bonchev–Trinajstić information content (AvgIpc) is 2.97. The van der Waals surface area contributed by atoms with Gasteiger partial charge in [0.1, 0.15) is 0 Å². The van der Waals surface area contributed by atoms with Gasteiger partial charge in [0, 0.05) is 41.5 Å². The van der Waals surface area contributed by atoms with E-state index in [0.717, 1.165) is 11.3 Å². The van der Waals surface area contributed by atoms with Gasteiger partial charge >= 0.3 is 0 Å². The SMILES string of the molecule is O=C(/C=C/c1ccc(Cl)cc1Cl)NCCc1cn2cc(Cl)cc(Cl)c2n1. The van der Waals surface area contributed by atoms with Crippen LogP contribution in [0.3, 0.4) is 0 Å². The fraction of sp³-hybridized carbons (Fsp3) is 0.111. The third-order valence-corrected chi connectivity index (χ3v) is 4.63. The van der Waals surface area contributed by atoms with E-state index in [1.54, 1.807) is 40.9 Å². The molecule has 134 valence electrons. The first-order valence-corrected chi connectivity index (χ1v) is 9.17. The number of fused-ring (bicyclic) bond motifs is 1. The third kappa shape index (κ3) is 4.71. The Balaban J connectivity index is 1.57. The number of amides is 1. The zero-order chi connectivity index (χ0) is 18.7. The van der Waals surface area contributed by atoms with Crippen molar-refractivity contribution in [3.63, 3.8) is 0 Å². The first kappa shape index (κ1) is 19.1. The van der Waals surface area contributed by atoms with E-state index in [2.05, 4.69) is 10.3 Å². The summed E-state index contributed by atoms with van der Waals surface area (Å²) in [5, 5.41) is 4.85. The lowest BCUT2D eigenvalue weighted by molar-refractivity contribution is -0.116. The van der Waals surface area contributed by atoms with E-state index in [-0.39, 0.29) is 5.91 Å². The maximum Gasteiger partial charge on any atom is 0.244 e. The molecule has 0 aliphatic rings. The maximum atomic E-state index is 11.9. The second-order valence-electron chi connectivity index (χ2n) is 5.51. The van der Waals surface area contributed by atoms with Crippen molar-refractivity contribution in [2.75, 3.05) is 6.54 Å². The molecule has 3 aromatic rings. The number of carbonyl (C=O) groups excluding carboxylic acids is 1. The minimum absolute atomic E-state index is 0.221. The summed E-state index contributed by atoms with van der Waals surface area (Å²) in [6.45, 7) is 0.437. The van der Waals surface area contributed by atoms with Crippen LogP contribution in [0.1, 0.15) is 11.3 Å². The van der Waals surface area contributed by atoms with Gasteiger partial charge in [0.25, 0.3) is 0 Å². The van der Waals surface area contributed by atoms with Gasteiger partial charge in [-0.3, -0.25) is 4.79 Å². The minimum Gasteiger partial charge on any atom is -0.352 e. The Labute approximate surface area is 170 Å². The van der Waals surface area contributed by atoms with Crippen molar-refractivity contribution in [2.45, 2.75) is 6.42 Å². The Morgan fingerprint density at radius 1 is 1.08 bits per heavy atom. The van der Waals surface area contributed by atoms with E-state index in [1.807, 2.05) is 6.20 Å². The van der Waals surface area contributed by atoms with Crippen molar-refractivity contribution in [3.05, 3.63) is 74.1 Å². The molecule has 0 bridgehead atoms. The quantitative estimate of drug-likeness (QED) is 0.559. The molecule has 0 aliphatic heterocycles. The molecule has 1 N–H and O–H groups in total. The van der Waals surface area contributed by atoms with Gasteiger partial charge in [0.2, 0.25) is 5.91 Å². The molecule has 0 saturated carbocycles. The van der Waals surface area contributed by atoms with Crippen molar-refractivity contribution in [1.29, 1.82) is 0 Å². The largest absolute Gasteiger partial charge is 0.352 e. The molecular weight excluding hydrogens is 416 g/mol. The van der Waals surface area contributed by atoms with Crippen LogP contribution < -0.4 is 5.32 Å². The van der Waals surface area contributed by atoms with Crippen LogP contribution in [0.5, 0.6) is 0 Å². The Morgan fingerprint density at radius 2 is 1.85 bits per heavy atom. The third-order valence-electron chi connectivity index (χ3n) is 3.58. The number of aromatic nitrogens is 2. The predicted molar refractivity (Wildman–Crippen MR) is 107 cm³/mol. The van der Waals surface area contributed by atoms with Gasteiger partial charge in [0.05, 0.1) is 15.7 Å². The van der Waals surface area contributed by atoms with E-state index >= 15 is 0 Å². The molecule has 0 saturated heterocycles. The molecule has 2 aromatic heterocycles. The number of benzene rings is 1. The maximum absolute atomic E-state index is 11.9. The van der Waals surface area contributed by atoms with Crippen LogP contribution in [-0.2, 0) is 11.2 Å². The number of carbonyl (C=O) groups is 1. The summed E-state index contributed by atoms with van der Waals surface area (Å²) in [7, 11) is 0. The topological polar surface area (TPSA) is 46.4 Å². The second-order valence-corrected chi connectivity index (χ2v) is 7.20. The zero-order valence-electron chi connectivity index (χ0n) is 13.3. The Kier molecular flexibility index (Phi) is 6.09. The lowest BCUT2D eigenvalue weighted by atomic mass is 10.2. The first-order chi connectivity index (χ1) is 12.4. The van der Waals surface area contributed by atoms with Gasteiger partial charge < -0.3 is 9.72 Å². The minimum atomic E-state index is -0.221. The number of rotatable bonds is 5. The number of nitrogens with one attached hydrogen (secondary N) is 1. The van der Waals surface area contributed by atoms with Gasteiger partial charge in [-0.25, -0.2) is 4.98 Å². The number of pyridine rings is 1. The van der Waals surface area contributed by atoms with Crippen LogP contribution in [0.2, 0.25) is 20.1 Å². The molecule has 4 nitrogen and oxygen atoms in total. The standard InChI is InChI=1S/C18H13Cl4N3O/c19-12-3-1-11(15(21)7-12)2-4-17(26)23-6-5-14-10-25-9-13(20)8-16(22)18(25)24-14/h1-4,7-10H,5-6H2,(H,23,26)/b4-2+. The fourth-order valence-electron chi connectivity index (χ4n) is 2.37. The number of hydrogen-bond donors (Lipinski definition) is 1. The predicted octanol–water partition coefficient (Wildman–Crippen LogP) is 5.32. The van der Waals surface area contributed by atoms with E-state index in [1.165, 1.54) is 6.08 Å². The van der Waals surface area contributed by atoms with Crippen LogP contribution in [0.15, 0.2) is 42.7 Å². The summed E-state index contributed by atoms with van der Waals surface area (Å²) in [4.78, 5) is 16.4. The summed E-state index contributed by atoms with van der Waals surface area (Å²) in [6, 6.07) is 6.73. The highest BCUT2D eigenvalue weighted by Crippen LogP contribution is 2.22. The Morgan fingerprint density at radius 3 is 2.62 bits per heavy atom. The lowest BCUT2D eigenvalue weighted by Crippen LogP contribution is -2.23. The molecule has 0 aliphatic carbocycles. The fourth-order valence-corrected chi connectivity index (χ4v) is 3.37. The molecule has 1 aromatic carbocycles. The molecule has 8 heteroatoms. The van der Waals surface area contributed by atoms with Gasteiger partial charge in [-0.2, -0.15) is 0 Å². The molecule has 0 unspecified atom stereocenters. The molecule has 1 amide bonds. The van der Waals surface area contributed by atoms with Crippen LogP contribution in [-0.4, -0.2) is 21.8 Å². The summed E-state index contributed by atoms with van der Waals surface area (Å²) >= 11 is 24.0. The summed E-state index contributed by atoms with van der Waals surface area (Å²) in [5.74, 6) is -0.221. The smallest absolute Gasteiger partial charge is 0.244 e. The van der Waals surface area contributed by atoms with Gasteiger partial charge in [-0.15, -0.1) is 0 Å². The van der Waals surface area contributed by atoms with Gasteiger partial charge in [0.15, 0.2) is 5.65 Å². The van der Waals surface area contributed by atoms with Crippen molar-refractivity contribution in [1.82, 2.24) is 14.7 Å². The molecule has 3 rings (SSSR count). The Hall–Kier alpha value is -1.72. The number of imidazole rings is 1. The van der Waals surface area contributed by atoms with Gasteiger partial charge in [-0.05, 0) is 29.8 Å². The summed E-state index contributed by atoms with van der Waals surface area (Å²) < 4.78 is 1.77. The van der Waals surface area contributed by atoms with Crippen molar-refractivity contribution >= 4 is 64.0 Å². The summed E-state index contributed by atoms with van der Waals surface area (Å²) in [6.07, 6.45) is 7.20. The first-order valence-electron chi connectivity index (χ1n) is 7.66. The molecule has 26 heavy (non-hydrogen) atoms. The van der Waals surface area contributed by atoms with E-state index < -0.39 is 0 Å². The molecule has 0 fully saturated rings. The molecular formula is C18H13Cl4N3O. The highest BCUT2D eigenvalue weighted by Gasteiger charge is 2.07. The Bertz CT molecular complexity index is 998. The highest BCUT2D eigenvalue weighted by atomic mass is 35.5. The van der Waals surface area contributed by atoms with Crippen LogP contribution in [0, 0.1) is 0 Å². The van der Waals surface area contributed by atoms with E-state index in [0.29, 0.717) is 38.7 Å². The van der Waals surface area contributed by atoms with Crippen LogP contribution in [0.4, 0.5) is 0 Å². The average molecular weight is 429 g/mol.